The molecule has 1 nitrogen and oxygen atoms in total. The van der Waals surface area contributed by atoms with Crippen molar-refractivity contribution in [1.29, 1.82) is 0 Å². The van der Waals surface area contributed by atoms with Crippen molar-refractivity contribution < 1.29 is 4.39 Å². The third kappa shape index (κ3) is 4.86. The molecule has 1 unspecified atom stereocenters. The Balaban J connectivity index is 2.75. The van der Waals surface area contributed by atoms with Crippen LogP contribution >= 0.6 is 0 Å². The van der Waals surface area contributed by atoms with Gasteiger partial charge in [-0.3, -0.25) is 0 Å². The zero-order valence-corrected chi connectivity index (χ0v) is 11.4. The normalized spacial score (nSPS) is 13.7. The van der Waals surface area contributed by atoms with Crippen LogP contribution in [0.1, 0.15) is 52.0 Å². The largest absolute Gasteiger partial charge is 0.311 e. The standard InChI is InChI=1S/C15H24FN/c1-5-8-12(11-17-15(2,3)4)13-9-6-7-10-14(13)16/h6-7,9-10,12,17H,5,8,11H2,1-4H3. The highest BCUT2D eigenvalue weighted by atomic mass is 19.1. The summed E-state index contributed by atoms with van der Waals surface area (Å²) in [6, 6.07) is 7.12. The summed E-state index contributed by atoms with van der Waals surface area (Å²) in [5, 5.41) is 3.47. The molecule has 96 valence electrons. The second-order valence-corrected chi connectivity index (χ2v) is 5.64. The van der Waals surface area contributed by atoms with Crippen LogP contribution < -0.4 is 5.32 Å². The maximum atomic E-state index is 13.8. The fourth-order valence-electron chi connectivity index (χ4n) is 1.95. The van der Waals surface area contributed by atoms with E-state index in [0.29, 0.717) is 0 Å². The predicted molar refractivity (Wildman–Crippen MR) is 71.8 cm³/mol. The topological polar surface area (TPSA) is 12.0 Å². The zero-order chi connectivity index (χ0) is 12.9. The van der Waals surface area contributed by atoms with Crippen molar-refractivity contribution in [3.8, 4) is 0 Å². The molecule has 0 aliphatic heterocycles. The Hall–Kier alpha value is -0.890. The molecule has 1 N–H and O–H groups in total. The summed E-state index contributed by atoms with van der Waals surface area (Å²) in [4.78, 5) is 0. The number of hydrogen-bond donors (Lipinski definition) is 1. The average molecular weight is 237 g/mol. The van der Waals surface area contributed by atoms with Crippen LogP contribution in [-0.2, 0) is 0 Å². The Kier molecular flexibility index (Phi) is 5.13. The highest BCUT2D eigenvalue weighted by molar-refractivity contribution is 5.22. The molecule has 1 aromatic rings. The summed E-state index contributed by atoms with van der Waals surface area (Å²) in [5.41, 5.74) is 0.920. The van der Waals surface area contributed by atoms with E-state index in [2.05, 4.69) is 33.0 Å². The molecule has 0 heterocycles. The lowest BCUT2D eigenvalue weighted by atomic mass is 9.93. The smallest absolute Gasteiger partial charge is 0.126 e. The maximum Gasteiger partial charge on any atom is 0.126 e. The van der Waals surface area contributed by atoms with E-state index in [1.165, 1.54) is 0 Å². The molecule has 0 aliphatic carbocycles. The summed E-state index contributed by atoms with van der Waals surface area (Å²) >= 11 is 0. The van der Waals surface area contributed by atoms with Crippen LogP contribution in [0.4, 0.5) is 4.39 Å². The number of hydrogen-bond acceptors (Lipinski definition) is 1. The molecule has 0 radical (unpaired) electrons. The lowest BCUT2D eigenvalue weighted by molar-refractivity contribution is 0.393. The van der Waals surface area contributed by atoms with E-state index in [0.717, 1.165) is 24.9 Å². The number of halogens is 1. The molecule has 1 rings (SSSR count). The van der Waals surface area contributed by atoms with Crippen molar-refractivity contribution in [3.05, 3.63) is 35.6 Å². The van der Waals surface area contributed by atoms with Crippen molar-refractivity contribution in [2.45, 2.75) is 52.0 Å². The first-order valence-electron chi connectivity index (χ1n) is 6.43. The lowest BCUT2D eigenvalue weighted by Gasteiger charge is -2.25. The average Bonchev–Trinajstić information content (AvgIpc) is 2.24. The fraction of sp³-hybridized carbons (Fsp3) is 0.600. The first-order chi connectivity index (χ1) is 7.94. The van der Waals surface area contributed by atoms with Crippen LogP contribution in [0.15, 0.2) is 24.3 Å². The minimum atomic E-state index is -0.0818. The molecule has 1 aromatic carbocycles. The van der Waals surface area contributed by atoms with E-state index in [1.54, 1.807) is 12.1 Å². The molecule has 0 saturated heterocycles. The Morgan fingerprint density at radius 3 is 2.41 bits per heavy atom. The lowest BCUT2D eigenvalue weighted by Crippen LogP contribution is -2.38. The Labute approximate surface area is 104 Å². The molecule has 0 aliphatic rings. The van der Waals surface area contributed by atoms with Crippen molar-refractivity contribution >= 4 is 0 Å². The molecule has 0 aromatic heterocycles. The van der Waals surface area contributed by atoms with Gasteiger partial charge in [-0.15, -0.1) is 0 Å². The van der Waals surface area contributed by atoms with E-state index >= 15 is 0 Å². The van der Waals surface area contributed by atoms with E-state index < -0.39 is 0 Å². The van der Waals surface area contributed by atoms with Gasteiger partial charge in [0.1, 0.15) is 5.82 Å². The van der Waals surface area contributed by atoms with Gasteiger partial charge in [0.2, 0.25) is 0 Å². The van der Waals surface area contributed by atoms with Crippen LogP contribution in [0.2, 0.25) is 0 Å². The first kappa shape index (κ1) is 14.2. The number of nitrogens with one attached hydrogen (secondary N) is 1. The van der Waals surface area contributed by atoms with Gasteiger partial charge in [-0.05, 0) is 44.7 Å². The first-order valence-corrected chi connectivity index (χ1v) is 6.43. The molecule has 0 fully saturated rings. The molecule has 0 saturated carbocycles. The molecular formula is C15H24FN. The summed E-state index contributed by atoms with van der Waals surface area (Å²) in [6.07, 6.45) is 2.09. The predicted octanol–water partition coefficient (Wildman–Crippen LogP) is 4.10. The summed E-state index contributed by atoms with van der Waals surface area (Å²) in [5.74, 6) is 0.182. The molecule has 2 heteroatoms. The van der Waals surface area contributed by atoms with Crippen LogP contribution in [0, 0.1) is 5.82 Å². The third-order valence-corrected chi connectivity index (χ3v) is 2.86. The monoisotopic (exact) mass is 237 g/mol. The van der Waals surface area contributed by atoms with Crippen LogP contribution in [-0.4, -0.2) is 12.1 Å². The molecule has 17 heavy (non-hydrogen) atoms. The second-order valence-electron chi connectivity index (χ2n) is 5.64. The summed E-state index contributed by atoms with van der Waals surface area (Å²) in [6.45, 7) is 9.38. The van der Waals surface area contributed by atoms with Gasteiger partial charge in [0.25, 0.3) is 0 Å². The SMILES string of the molecule is CCCC(CNC(C)(C)C)c1ccccc1F. The van der Waals surface area contributed by atoms with Crippen molar-refractivity contribution in [1.82, 2.24) is 5.32 Å². The van der Waals surface area contributed by atoms with E-state index in [9.17, 15) is 4.39 Å². The van der Waals surface area contributed by atoms with E-state index in [4.69, 9.17) is 0 Å². The van der Waals surface area contributed by atoms with Gasteiger partial charge < -0.3 is 5.32 Å². The minimum Gasteiger partial charge on any atom is -0.311 e. The Morgan fingerprint density at radius 2 is 1.88 bits per heavy atom. The summed E-state index contributed by atoms with van der Waals surface area (Å²) in [7, 11) is 0. The van der Waals surface area contributed by atoms with Gasteiger partial charge in [-0.1, -0.05) is 31.5 Å². The van der Waals surface area contributed by atoms with Gasteiger partial charge in [0.15, 0.2) is 0 Å². The molecular weight excluding hydrogens is 213 g/mol. The number of rotatable bonds is 5. The Bertz CT molecular complexity index is 341. The van der Waals surface area contributed by atoms with Crippen molar-refractivity contribution in [3.63, 3.8) is 0 Å². The van der Waals surface area contributed by atoms with Crippen LogP contribution in [0.3, 0.4) is 0 Å². The molecule has 0 amide bonds. The quantitative estimate of drug-likeness (QED) is 0.813. The van der Waals surface area contributed by atoms with Gasteiger partial charge >= 0.3 is 0 Å². The van der Waals surface area contributed by atoms with Gasteiger partial charge in [-0.2, -0.15) is 0 Å². The van der Waals surface area contributed by atoms with Gasteiger partial charge in [0, 0.05) is 12.1 Å². The fourth-order valence-corrected chi connectivity index (χ4v) is 1.95. The highest BCUT2D eigenvalue weighted by Crippen LogP contribution is 2.23. The van der Waals surface area contributed by atoms with E-state index in [1.807, 2.05) is 12.1 Å². The second kappa shape index (κ2) is 6.15. The molecule has 0 bridgehead atoms. The third-order valence-electron chi connectivity index (χ3n) is 2.86. The van der Waals surface area contributed by atoms with Gasteiger partial charge in [-0.25, -0.2) is 4.39 Å². The summed E-state index contributed by atoms with van der Waals surface area (Å²) < 4.78 is 13.8. The van der Waals surface area contributed by atoms with Crippen LogP contribution in [0.5, 0.6) is 0 Å². The van der Waals surface area contributed by atoms with E-state index in [-0.39, 0.29) is 17.3 Å². The highest BCUT2D eigenvalue weighted by Gasteiger charge is 2.17. The van der Waals surface area contributed by atoms with Crippen molar-refractivity contribution in [2.75, 3.05) is 6.54 Å². The number of benzene rings is 1. The minimum absolute atomic E-state index is 0.0806. The Morgan fingerprint density at radius 1 is 1.24 bits per heavy atom. The van der Waals surface area contributed by atoms with Crippen LogP contribution in [0.25, 0.3) is 0 Å². The maximum absolute atomic E-state index is 13.8. The van der Waals surface area contributed by atoms with Gasteiger partial charge in [0.05, 0.1) is 0 Å². The van der Waals surface area contributed by atoms with Crippen molar-refractivity contribution in [2.24, 2.45) is 0 Å². The molecule has 1 atom stereocenters. The molecule has 0 spiro atoms. The zero-order valence-electron chi connectivity index (χ0n) is 11.4.